The van der Waals surface area contributed by atoms with Crippen LogP contribution in [0.5, 0.6) is 0 Å². The molecule has 70 valence electrons. The van der Waals surface area contributed by atoms with Crippen molar-refractivity contribution in [2.75, 3.05) is 0 Å². The van der Waals surface area contributed by atoms with Crippen molar-refractivity contribution in [3.05, 3.63) is 28.5 Å². The van der Waals surface area contributed by atoms with Gasteiger partial charge < -0.3 is 5.73 Å². The lowest BCUT2D eigenvalue weighted by molar-refractivity contribution is 0.595. The fraction of sp³-hybridized carbons (Fsp3) is 0.500. The van der Waals surface area contributed by atoms with Crippen molar-refractivity contribution in [3.8, 4) is 0 Å². The largest absolute Gasteiger partial charge is 0.327 e. The van der Waals surface area contributed by atoms with Crippen LogP contribution in [-0.4, -0.2) is 11.0 Å². The summed E-state index contributed by atoms with van der Waals surface area (Å²) in [6, 6.07) is 4.33. The van der Waals surface area contributed by atoms with Crippen LogP contribution in [0.4, 0.5) is 0 Å². The zero-order valence-electron chi connectivity index (χ0n) is 7.79. The lowest BCUT2D eigenvalue weighted by Crippen LogP contribution is -2.06. The third-order valence-electron chi connectivity index (χ3n) is 2.98. The number of rotatable bonds is 1. The second-order valence-corrected chi connectivity index (χ2v) is 5.14. The van der Waals surface area contributed by atoms with Gasteiger partial charge in [0.25, 0.3) is 0 Å². The molecule has 1 fully saturated rings. The first-order valence-corrected chi connectivity index (χ1v) is 5.20. The number of hydrogen-bond donors (Lipinski definition) is 1. The smallest absolute Gasteiger partial charge is 0.0457 e. The molecule has 3 heteroatoms. The van der Waals surface area contributed by atoms with E-state index < -0.39 is 0 Å². The van der Waals surface area contributed by atoms with Crippen LogP contribution in [0.15, 0.2) is 22.8 Å². The van der Waals surface area contributed by atoms with E-state index in [1.165, 1.54) is 0 Å². The van der Waals surface area contributed by atoms with Gasteiger partial charge in [-0.1, -0.05) is 13.8 Å². The Morgan fingerprint density at radius 1 is 1.46 bits per heavy atom. The molecular weight excluding hydrogens is 228 g/mol. The molecule has 2 rings (SSSR count). The zero-order valence-corrected chi connectivity index (χ0v) is 9.38. The standard InChI is InChI=1S/C10H13BrN2/c1-10(2)8(9(10)12)7-4-3-6(11)5-13-7/h3-5,8-9H,12H2,1-2H3/t8-,9-/m0/s1. The normalized spacial score (nSPS) is 30.2. The highest BCUT2D eigenvalue weighted by atomic mass is 79.9. The third kappa shape index (κ3) is 1.40. The Morgan fingerprint density at radius 2 is 2.08 bits per heavy atom. The van der Waals surface area contributed by atoms with Crippen molar-refractivity contribution in [2.24, 2.45) is 11.1 Å². The van der Waals surface area contributed by atoms with Gasteiger partial charge in [0.15, 0.2) is 0 Å². The predicted octanol–water partition coefficient (Wildman–Crippen LogP) is 2.29. The second-order valence-electron chi connectivity index (χ2n) is 4.23. The second kappa shape index (κ2) is 2.79. The van der Waals surface area contributed by atoms with Gasteiger partial charge >= 0.3 is 0 Å². The summed E-state index contributed by atoms with van der Waals surface area (Å²) in [5.41, 5.74) is 7.30. The van der Waals surface area contributed by atoms with Crippen molar-refractivity contribution in [2.45, 2.75) is 25.8 Å². The van der Waals surface area contributed by atoms with Crippen LogP contribution in [0.25, 0.3) is 0 Å². The average molecular weight is 241 g/mol. The maximum atomic E-state index is 5.96. The maximum Gasteiger partial charge on any atom is 0.0457 e. The van der Waals surface area contributed by atoms with E-state index in [1.807, 2.05) is 18.3 Å². The molecule has 0 radical (unpaired) electrons. The molecule has 0 amide bonds. The highest BCUT2D eigenvalue weighted by Crippen LogP contribution is 2.56. The van der Waals surface area contributed by atoms with Crippen LogP contribution < -0.4 is 5.73 Å². The molecule has 0 aromatic carbocycles. The average Bonchev–Trinajstić information content (AvgIpc) is 2.55. The monoisotopic (exact) mass is 240 g/mol. The lowest BCUT2D eigenvalue weighted by Gasteiger charge is -2.01. The topological polar surface area (TPSA) is 38.9 Å². The molecule has 1 aliphatic carbocycles. The van der Waals surface area contributed by atoms with Crippen molar-refractivity contribution in [1.82, 2.24) is 4.98 Å². The zero-order chi connectivity index (χ0) is 9.64. The summed E-state index contributed by atoms with van der Waals surface area (Å²) in [7, 11) is 0. The van der Waals surface area contributed by atoms with Crippen LogP contribution >= 0.6 is 15.9 Å². The minimum Gasteiger partial charge on any atom is -0.327 e. The van der Waals surface area contributed by atoms with E-state index in [0.29, 0.717) is 5.92 Å². The van der Waals surface area contributed by atoms with Crippen LogP contribution in [0, 0.1) is 5.41 Å². The molecular formula is C10H13BrN2. The van der Waals surface area contributed by atoms with Gasteiger partial charge in [0.05, 0.1) is 0 Å². The maximum absolute atomic E-state index is 5.96. The van der Waals surface area contributed by atoms with E-state index in [-0.39, 0.29) is 11.5 Å². The Hall–Kier alpha value is -0.410. The number of hydrogen-bond acceptors (Lipinski definition) is 2. The summed E-state index contributed by atoms with van der Waals surface area (Å²) in [6.07, 6.45) is 1.83. The SMILES string of the molecule is CC1(C)[C@@H](N)[C@@H]1c1ccc(Br)cn1. The molecule has 13 heavy (non-hydrogen) atoms. The summed E-state index contributed by atoms with van der Waals surface area (Å²) >= 11 is 3.36. The molecule has 2 N–H and O–H groups in total. The van der Waals surface area contributed by atoms with Crippen LogP contribution in [-0.2, 0) is 0 Å². The van der Waals surface area contributed by atoms with Crippen LogP contribution in [0.1, 0.15) is 25.5 Å². The summed E-state index contributed by atoms with van der Waals surface area (Å²) in [6.45, 7) is 4.37. The fourth-order valence-corrected chi connectivity index (χ4v) is 2.05. The summed E-state index contributed by atoms with van der Waals surface area (Å²) in [5, 5.41) is 0. The minimum absolute atomic E-state index is 0.223. The van der Waals surface area contributed by atoms with Crippen molar-refractivity contribution in [3.63, 3.8) is 0 Å². The van der Waals surface area contributed by atoms with E-state index in [0.717, 1.165) is 10.2 Å². The quantitative estimate of drug-likeness (QED) is 0.819. The highest BCUT2D eigenvalue weighted by Gasteiger charge is 2.56. The first-order valence-electron chi connectivity index (χ1n) is 4.40. The molecule has 1 aliphatic rings. The molecule has 0 saturated heterocycles. The molecule has 0 spiro atoms. The summed E-state index contributed by atoms with van der Waals surface area (Å²) in [5.74, 6) is 0.431. The van der Waals surface area contributed by atoms with Gasteiger partial charge in [-0.3, -0.25) is 4.98 Å². The highest BCUT2D eigenvalue weighted by molar-refractivity contribution is 9.10. The Bertz CT molecular complexity index is 318. The van der Waals surface area contributed by atoms with Gasteiger partial charge in [-0.25, -0.2) is 0 Å². The molecule has 2 atom stereocenters. The Kier molecular flexibility index (Phi) is 1.96. The molecule has 1 aromatic rings. The summed E-state index contributed by atoms with van der Waals surface area (Å²) < 4.78 is 1.02. The van der Waals surface area contributed by atoms with Crippen molar-refractivity contribution >= 4 is 15.9 Å². The molecule has 1 saturated carbocycles. The molecule has 1 aromatic heterocycles. The third-order valence-corrected chi connectivity index (χ3v) is 3.45. The molecule has 0 aliphatic heterocycles. The Labute approximate surface area is 86.7 Å². The number of nitrogens with two attached hydrogens (primary N) is 1. The van der Waals surface area contributed by atoms with Crippen molar-refractivity contribution < 1.29 is 0 Å². The first-order chi connectivity index (χ1) is 6.03. The Morgan fingerprint density at radius 3 is 2.46 bits per heavy atom. The molecule has 0 bridgehead atoms. The predicted molar refractivity (Wildman–Crippen MR) is 56.4 cm³/mol. The van der Waals surface area contributed by atoms with E-state index in [2.05, 4.69) is 34.8 Å². The van der Waals surface area contributed by atoms with Gasteiger partial charge in [-0.15, -0.1) is 0 Å². The van der Waals surface area contributed by atoms with E-state index in [1.54, 1.807) is 0 Å². The van der Waals surface area contributed by atoms with Gasteiger partial charge in [-0.2, -0.15) is 0 Å². The first kappa shape index (κ1) is 9.16. The van der Waals surface area contributed by atoms with Crippen molar-refractivity contribution in [1.29, 1.82) is 0 Å². The van der Waals surface area contributed by atoms with Crippen LogP contribution in [0.2, 0.25) is 0 Å². The van der Waals surface area contributed by atoms with Gasteiger partial charge in [0.1, 0.15) is 0 Å². The lowest BCUT2D eigenvalue weighted by atomic mass is 10.1. The molecule has 1 heterocycles. The number of aromatic nitrogens is 1. The van der Waals surface area contributed by atoms with E-state index >= 15 is 0 Å². The molecule has 0 unspecified atom stereocenters. The van der Waals surface area contributed by atoms with Gasteiger partial charge in [0.2, 0.25) is 0 Å². The fourth-order valence-electron chi connectivity index (χ4n) is 1.81. The minimum atomic E-state index is 0.223. The summed E-state index contributed by atoms with van der Waals surface area (Å²) in [4.78, 5) is 4.36. The van der Waals surface area contributed by atoms with Gasteiger partial charge in [0, 0.05) is 28.3 Å². The number of pyridine rings is 1. The number of nitrogens with zero attached hydrogens (tertiary/aromatic N) is 1. The van der Waals surface area contributed by atoms with E-state index in [9.17, 15) is 0 Å². The van der Waals surface area contributed by atoms with Crippen LogP contribution in [0.3, 0.4) is 0 Å². The van der Waals surface area contributed by atoms with E-state index in [4.69, 9.17) is 5.73 Å². The number of halogens is 1. The Balaban J connectivity index is 2.25. The molecule has 2 nitrogen and oxygen atoms in total. The van der Waals surface area contributed by atoms with Gasteiger partial charge in [-0.05, 0) is 33.5 Å².